The molecule has 21 heavy (non-hydrogen) atoms. The molecule has 1 atom stereocenters. The molecular formula is C16H16F2O3. The van der Waals surface area contributed by atoms with Crippen molar-refractivity contribution in [2.75, 3.05) is 13.7 Å². The summed E-state index contributed by atoms with van der Waals surface area (Å²) < 4.78 is 37.3. The molecule has 0 bridgehead atoms. The number of ether oxygens (including phenoxy) is 2. The minimum Gasteiger partial charge on any atom is -0.494 e. The fourth-order valence-electron chi connectivity index (χ4n) is 1.89. The van der Waals surface area contributed by atoms with E-state index in [9.17, 15) is 13.9 Å². The van der Waals surface area contributed by atoms with Gasteiger partial charge in [0.1, 0.15) is 12.7 Å². The molecule has 3 nitrogen and oxygen atoms in total. The van der Waals surface area contributed by atoms with Crippen molar-refractivity contribution in [3.63, 3.8) is 0 Å². The molecule has 0 radical (unpaired) electrons. The Morgan fingerprint density at radius 1 is 1.14 bits per heavy atom. The van der Waals surface area contributed by atoms with Crippen molar-refractivity contribution in [2.45, 2.75) is 13.0 Å². The molecule has 0 saturated heterocycles. The number of hydrogen-bond acceptors (Lipinski definition) is 3. The summed E-state index contributed by atoms with van der Waals surface area (Å²) >= 11 is 0. The van der Waals surface area contributed by atoms with Crippen molar-refractivity contribution in [3.05, 3.63) is 59.2 Å². The van der Waals surface area contributed by atoms with E-state index in [-0.39, 0.29) is 18.1 Å². The molecule has 0 aliphatic carbocycles. The minimum atomic E-state index is -1.06. The standard InChI is InChI=1S/C16H16F2O3/c1-10-4-3-5-15(16(10)18)21-9-13(19)11-6-7-14(20-2)12(17)8-11/h3-8,13,19H,9H2,1-2H3. The highest BCUT2D eigenvalue weighted by atomic mass is 19.1. The van der Waals surface area contributed by atoms with Gasteiger partial charge in [-0.1, -0.05) is 18.2 Å². The van der Waals surface area contributed by atoms with E-state index in [1.807, 2.05) is 0 Å². The zero-order chi connectivity index (χ0) is 15.4. The molecule has 0 fully saturated rings. The fraction of sp³-hybridized carbons (Fsp3) is 0.250. The molecule has 0 aliphatic rings. The number of methoxy groups -OCH3 is 1. The maximum atomic E-state index is 13.7. The van der Waals surface area contributed by atoms with Crippen LogP contribution in [-0.4, -0.2) is 18.8 Å². The van der Waals surface area contributed by atoms with E-state index in [0.717, 1.165) is 0 Å². The summed E-state index contributed by atoms with van der Waals surface area (Å²) in [6.07, 6.45) is -1.06. The smallest absolute Gasteiger partial charge is 0.167 e. The fourth-order valence-corrected chi connectivity index (χ4v) is 1.89. The number of benzene rings is 2. The summed E-state index contributed by atoms with van der Waals surface area (Å²) in [5.74, 6) is -0.888. The predicted octanol–water partition coefficient (Wildman–Crippen LogP) is 3.39. The van der Waals surface area contributed by atoms with Crippen LogP contribution < -0.4 is 9.47 Å². The summed E-state index contributed by atoms with van der Waals surface area (Å²) in [6, 6.07) is 8.87. The Labute approximate surface area is 121 Å². The van der Waals surface area contributed by atoms with Crippen molar-refractivity contribution in [1.82, 2.24) is 0 Å². The van der Waals surface area contributed by atoms with Crippen LogP contribution in [0.1, 0.15) is 17.2 Å². The zero-order valence-corrected chi connectivity index (χ0v) is 11.8. The molecule has 0 amide bonds. The predicted molar refractivity (Wildman–Crippen MR) is 74.5 cm³/mol. The van der Waals surface area contributed by atoms with E-state index < -0.39 is 17.7 Å². The van der Waals surface area contributed by atoms with Gasteiger partial charge in [-0.15, -0.1) is 0 Å². The Balaban J connectivity index is 2.06. The molecular weight excluding hydrogens is 278 g/mol. The lowest BCUT2D eigenvalue weighted by atomic mass is 10.1. The van der Waals surface area contributed by atoms with Crippen LogP contribution in [0.5, 0.6) is 11.5 Å². The van der Waals surface area contributed by atoms with E-state index in [1.54, 1.807) is 19.1 Å². The second-order valence-electron chi connectivity index (χ2n) is 4.61. The van der Waals surface area contributed by atoms with Crippen LogP contribution in [-0.2, 0) is 0 Å². The third-order valence-electron chi connectivity index (χ3n) is 3.11. The SMILES string of the molecule is COc1ccc(C(O)COc2cccc(C)c2F)cc1F. The topological polar surface area (TPSA) is 38.7 Å². The first kappa shape index (κ1) is 15.3. The number of halogens is 2. The van der Waals surface area contributed by atoms with Crippen LogP contribution in [0.3, 0.4) is 0 Å². The van der Waals surface area contributed by atoms with E-state index in [4.69, 9.17) is 9.47 Å². The van der Waals surface area contributed by atoms with Gasteiger partial charge in [0.05, 0.1) is 7.11 Å². The first-order valence-electron chi connectivity index (χ1n) is 6.42. The average Bonchev–Trinajstić information content (AvgIpc) is 2.48. The Morgan fingerprint density at radius 3 is 2.57 bits per heavy atom. The van der Waals surface area contributed by atoms with Crippen molar-refractivity contribution in [1.29, 1.82) is 0 Å². The Bertz CT molecular complexity index is 629. The van der Waals surface area contributed by atoms with Gasteiger partial charge in [-0.3, -0.25) is 0 Å². The normalized spacial score (nSPS) is 12.0. The quantitative estimate of drug-likeness (QED) is 0.918. The lowest BCUT2D eigenvalue weighted by Crippen LogP contribution is -2.11. The Morgan fingerprint density at radius 2 is 1.90 bits per heavy atom. The lowest BCUT2D eigenvalue weighted by Gasteiger charge is -2.14. The highest BCUT2D eigenvalue weighted by molar-refractivity contribution is 5.32. The minimum absolute atomic E-state index is 0.0584. The highest BCUT2D eigenvalue weighted by Gasteiger charge is 2.13. The summed E-state index contributed by atoms with van der Waals surface area (Å²) in [5, 5.41) is 9.98. The Kier molecular flexibility index (Phi) is 4.75. The number of aliphatic hydroxyl groups is 1. The number of rotatable bonds is 5. The van der Waals surface area contributed by atoms with Gasteiger partial charge in [-0.05, 0) is 36.2 Å². The first-order chi connectivity index (χ1) is 10.0. The van der Waals surface area contributed by atoms with E-state index in [2.05, 4.69) is 0 Å². The molecule has 0 saturated carbocycles. The van der Waals surface area contributed by atoms with Crippen molar-refractivity contribution in [2.24, 2.45) is 0 Å². The second-order valence-corrected chi connectivity index (χ2v) is 4.61. The lowest BCUT2D eigenvalue weighted by molar-refractivity contribution is 0.105. The number of hydrogen-bond donors (Lipinski definition) is 1. The molecule has 0 heterocycles. The van der Waals surface area contributed by atoms with Gasteiger partial charge >= 0.3 is 0 Å². The van der Waals surface area contributed by atoms with Crippen LogP contribution in [0.25, 0.3) is 0 Å². The molecule has 0 spiro atoms. The molecule has 2 rings (SSSR count). The molecule has 0 aliphatic heterocycles. The van der Waals surface area contributed by atoms with Crippen LogP contribution in [0.4, 0.5) is 8.78 Å². The molecule has 0 aromatic heterocycles. The Hall–Kier alpha value is -2.14. The molecule has 1 unspecified atom stereocenters. The largest absolute Gasteiger partial charge is 0.494 e. The van der Waals surface area contributed by atoms with Gasteiger partial charge in [0.25, 0.3) is 0 Å². The van der Waals surface area contributed by atoms with Gasteiger partial charge in [-0.2, -0.15) is 0 Å². The van der Waals surface area contributed by atoms with E-state index >= 15 is 0 Å². The van der Waals surface area contributed by atoms with Crippen LogP contribution >= 0.6 is 0 Å². The summed E-state index contributed by atoms with van der Waals surface area (Å²) in [5.41, 5.74) is 0.791. The highest BCUT2D eigenvalue weighted by Crippen LogP contribution is 2.24. The van der Waals surface area contributed by atoms with Crippen molar-refractivity contribution >= 4 is 0 Å². The summed E-state index contributed by atoms with van der Waals surface area (Å²) in [6.45, 7) is 1.45. The second kappa shape index (κ2) is 6.54. The van der Waals surface area contributed by atoms with Gasteiger partial charge < -0.3 is 14.6 Å². The van der Waals surface area contributed by atoms with Gasteiger partial charge in [0.15, 0.2) is 23.1 Å². The molecule has 112 valence electrons. The molecule has 2 aromatic carbocycles. The van der Waals surface area contributed by atoms with Gasteiger partial charge in [0.2, 0.25) is 0 Å². The third-order valence-corrected chi connectivity index (χ3v) is 3.11. The maximum Gasteiger partial charge on any atom is 0.167 e. The number of aryl methyl sites for hydroxylation is 1. The van der Waals surface area contributed by atoms with Crippen molar-refractivity contribution in [3.8, 4) is 11.5 Å². The number of aliphatic hydroxyl groups excluding tert-OH is 1. The molecule has 2 aromatic rings. The molecule has 5 heteroatoms. The van der Waals surface area contributed by atoms with Gasteiger partial charge in [-0.25, -0.2) is 8.78 Å². The van der Waals surface area contributed by atoms with Gasteiger partial charge in [0, 0.05) is 0 Å². The van der Waals surface area contributed by atoms with E-state index in [0.29, 0.717) is 11.1 Å². The van der Waals surface area contributed by atoms with Crippen LogP contribution in [0.2, 0.25) is 0 Å². The first-order valence-corrected chi connectivity index (χ1v) is 6.42. The van der Waals surface area contributed by atoms with E-state index in [1.165, 1.54) is 31.4 Å². The third kappa shape index (κ3) is 3.49. The zero-order valence-electron chi connectivity index (χ0n) is 11.8. The maximum absolute atomic E-state index is 13.7. The van der Waals surface area contributed by atoms with Crippen LogP contribution in [0.15, 0.2) is 36.4 Å². The summed E-state index contributed by atoms with van der Waals surface area (Å²) in [4.78, 5) is 0. The monoisotopic (exact) mass is 294 g/mol. The van der Waals surface area contributed by atoms with Crippen molar-refractivity contribution < 1.29 is 23.4 Å². The van der Waals surface area contributed by atoms with Crippen LogP contribution in [0, 0.1) is 18.6 Å². The molecule has 1 N–H and O–H groups in total. The summed E-state index contributed by atoms with van der Waals surface area (Å²) in [7, 11) is 1.36. The average molecular weight is 294 g/mol.